The minimum atomic E-state index is 0. The Labute approximate surface area is 191 Å². The summed E-state index contributed by atoms with van der Waals surface area (Å²) in [6.07, 6.45) is 11.0. The van der Waals surface area contributed by atoms with Crippen LogP contribution in [0.5, 0.6) is 0 Å². The summed E-state index contributed by atoms with van der Waals surface area (Å²) in [5.74, 6) is 0.831. The first kappa shape index (κ1) is 23.7. The van der Waals surface area contributed by atoms with Crippen LogP contribution in [0.25, 0.3) is 5.69 Å². The number of rotatable bonds is 8. The largest absolute Gasteiger partial charge is 0.396 e. The normalized spacial score (nSPS) is 16.1. The van der Waals surface area contributed by atoms with E-state index in [0.717, 1.165) is 36.7 Å². The molecule has 1 aliphatic carbocycles. The van der Waals surface area contributed by atoms with Crippen LogP contribution in [0.2, 0.25) is 0 Å². The van der Waals surface area contributed by atoms with E-state index in [2.05, 4.69) is 22.7 Å². The van der Waals surface area contributed by atoms with Gasteiger partial charge in [-0.1, -0.05) is 37.5 Å². The highest BCUT2D eigenvalue weighted by Crippen LogP contribution is 2.38. The van der Waals surface area contributed by atoms with Gasteiger partial charge in [0.05, 0.1) is 18.4 Å². The van der Waals surface area contributed by atoms with Crippen molar-refractivity contribution in [2.45, 2.75) is 52.0 Å². The minimum absolute atomic E-state index is 0. The Morgan fingerprint density at radius 3 is 2.62 bits per heavy atom. The fraction of sp³-hybridized carbons (Fsp3) is 0.545. The number of benzene rings is 1. The fourth-order valence-corrected chi connectivity index (χ4v) is 4.00. The molecule has 1 aliphatic rings. The lowest BCUT2D eigenvalue weighted by Crippen LogP contribution is -2.44. The number of aliphatic imine (C=N–C) groups is 1. The lowest BCUT2D eigenvalue weighted by Gasteiger charge is -2.37. The van der Waals surface area contributed by atoms with Gasteiger partial charge in [-0.05, 0) is 43.7 Å². The molecule has 1 aromatic heterocycles. The standard InChI is InChI=1S/C22H33N5O.HI/c1-2-23-21(25-18-22(13-14-28)11-7-4-8-12-22)24-15-19-16-26-27(17-19)20-9-5-3-6-10-20;/h3,5-6,9-10,16-17,28H,2,4,7-8,11-15,18H2,1H3,(H2,23,24,25);1H. The number of hydrogen-bond donors (Lipinski definition) is 3. The van der Waals surface area contributed by atoms with Crippen LogP contribution in [0.4, 0.5) is 0 Å². The van der Waals surface area contributed by atoms with E-state index >= 15 is 0 Å². The second kappa shape index (κ2) is 12.2. The van der Waals surface area contributed by atoms with Crippen molar-refractivity contribution in [1.29, 1.82) is 0 Å². The first-order valence-electron chi connectivity index (χ1n) is 10.5. The van der Waals surface area contributed by atoms with E-state index in [1.165, 1.54) is 32.1 Å². The number of hydrogen-bond acceptors (Lipinski definition) is 3. The summed E-state index contributed by atoms with van der Waals surface area (Å²) in [4.78, 5) is 4.74. The molecule has 1 fully saturated rings. The molecule has 29 heavy (non-hydrogen) atoms. The topological polar surface area (TPSA) is 74.5 Å². The zero-order valence-corrected chi connectivity index (χ0v) is 19.6. The van der Waals surface area contributed by atoms with Gasteiger partial charge in [0.2, 0.25) is 0 Å². The van der Waals surface area contributed by atoms with Crippen molar-refractivity contribution in [2.24, 2.45) is 10.4 Å². The average molecular weight is 511 g/mol. The van der Waals surface area contributed by atoms with Crippen molar-refractivity contribution in [2.75, 3.05) is 19.7 Å². The predicted molar refractivity (Wildman–Crippen MR) is 129 cm³/mol. The highest BCUT2D eigenvalue weighted by Gasteiger charge is 2.31. The summed E-state index contributed by atoms with van der Waals surface area (Å²) in [7, 11) is 0. The molecule has 3 rings (SSSR count). The Morgan fingerprint density at radius 2 is 1.93 bits per heavy atom. The number of nitrogens with zero attached hydrogens (tertiary/aromatic N) is 3. The summed E-state index contributed by atoms with van der Waals surface area (Å²) < 4.78 is 1.88. The molecule has 1 aromatic carbocycles. The van der Waals surface area contributed by atoms with Gasteiger partial charge in [-0.2, -0.15) is 5.10 Å². The molecule has 1 saturated carbocycles. The van der Waals surface area contributed by atoms with Crippen LogP contribution in [0.15, 0.2) is 47.7 Å². The molecule has 0 bridgehead atoms. The molecule has 0 radical (unpaired) electrons. The smallest absolute Gasteiger partial charge is 0.191 e. The van der Waals surface area contributed by atoms with Gasteiger partial charge in [0.15, 0.2) is 5.96 Å². The number of para-hydroxylation sites is 1. The molecule has 7 heteroatoms. The second-order valence-electron chi connectivity index (χ2n) is 7.71. The highest BCUT2D eigenvalue weighted by molar-refractivity contribution is 14.0. The molecular formula is C22H34IN5O. The van der Waals surface area contributed by atoms with Crippen molar-refractivity contribution in [3.63, 3.8) is 0 Å². The molecule has 0 amide bonds. The Balaban J connectivity index is 0.00000300. The average Bonchev–Trinajstić information content (AvgIpc) is 3.21. The summed E-state index contributed by atoms with van der Waals surface area (Å²) in [5, 5.41) is 20.8. The number of aliphatic hydroxyl groups excluding tert-OH is 1. The SMILES string of the molecule is CCNC(=NCc1cnn(-c2ccccc2)c1)NCC1(CCO)CCCCC1.I. The van der Waals surface area contributed by atoms with Crippen LogP contribution in [0, 0.1) is 5.41 Å². The van der Waals surface area contributed by atoms with E-state index in [0.29, 0.717) is 6.54 Å². The van der Waals surface area contributed by atoms with Crippen molar-refractivity contribution >= 4 is 29.9 Å². The molecule has 3 N–H and O–H groups in total. The third-order valence-electron chi connectivity index (χ3n) is 5.61. The van der Waals surface area contributed by atoms with Crippen molar-refractivity contribution in [3.8, 4) is 5.69 Å². The fourth-order valence-electron chi connectivity index (χ4n) is 4.00. The van der Waals surface area contributed by atoms with Crippen LogP contribution in [0.1, 0.15) is 51.0 Å². The van der Waals surface area contributed by atoms with Crippen LogP contribution < -0.4 is 10.6 Å². The maximum absolute atomic E-state index is 9.52. The third kappa shape index (κ3) is 6.99. The lowest BCUT2D eigenvalue weighted by molar-refractivity contribution is 0.131. The van der Waals surface area contributed by atoms with Gasteiger partial charge in [0.25, 0.3) is 0 Å². The quantitative estimate of drug-likeness (QED) is 0.286. The van der Waals surface area contributed by atoms with Gasteiger partial charge in [-0.15, -0.1) is 24.0 Å². The number of nitrogens with one attached hydrogen (secondary N) is 2. The summed E-state index contributed by atoms with van der Waals surface area (Å²) in [6.45, 7) is 4.60. The van der Waals surface area contributed by atoms with Crippen LogP contribution in [-0.4, -0.2) is 40.5 Å². The maximum Gasteiger partial charge on any atom is 0.191 e. The third-order valence-corrected chi connectivity index (χ3v) is 5.61. The minimum Gasteiger partial charge on any atom is -0.396 e. The zero-order chi connectivity index (χ0) is 19.7. The number of halogens is 1. The van der Waals surface area contributed by atoms with E-state index in [9.17, 15) is 5.11 Å². The van der Waals surface area contributed by atoms with E-state index in [1.54, 1.807) is 0 Å². The van der Waals surface area contributed by atoms with Crippen LogP contribution >= 0.6 is 24.0 Å². The number of aromatic nitrogens is 2. The van der Waals surface area contributed by atoms with E-state index in [-0.39, 0.29) is 36.0 Å². The summed E-state index contributed by atoms with van der Waals surface area (Å²) >= 11 is 0. The van der Waals surface area contributed by atoms with Crippen molar-refractivity contribution in [3.05, 3.63) is 48.3 Å². The van der Waals surface area contributed by atoms with Crippen molar-refractivity contribution in [1.82, 2.24) is 20.4 Å². The molecule has 6 nitrogen and oxygen atoms in total. The van der Waals surface area contributed by atoms with E-state index in [4.69, 9.17) is 4.99 Å². The summed E-state index contributed by atoms with van der Waals surface area (Å²) in [5.41, 5.74) is 2.32. The van der Waals surface area contributed by atoms with Gasteiger partial charge in [0, 0.05) is 31.5 Å². The first-order chi connectivity index (χ1) is 13.7. The molecule has 0 aliphatic heterocycles. The molecule has 1 heterocycles. The van der Waals surface area contributed by atoms with E-state index < -0.39 is 0 Å². The number of aliphatic hydroxyl groups is 1. The molecule has 2 aromatic rings. The Morgan fingerprint density at radius 1 is 1.17 bits per heavy atom. The lowest BCUT2D eigenvalue weighted by atomic mass is 9.72. The monoisotopic (exact) mass is 511 g/mol. The van der Waals surface area contributed by atoms with Gasteiger partial charge in [-0.3, -0.25) is 0 Å². The molecule has 0 spiro atoms. The van der Waals surface area contributed by atoms with Gasteiger partial charge in [-0.25, -0.2) is 9.67 Å². The van der Waals surface area contributed by atoms with Gasteiger partial charge in [0.1, 0.15) is 0 Å². The van der Waals surface area contributed by atoms with Crippen LogP contribution in [-0.2, 0) is 6.54 Å². The Bertz CT molecular complexity index is 735. The van der Waals surface area contributed by atoms with Crippen molar-refractivity contribution < 1.29 is 5.11 Å². The van der Waals surface area contributed by atoms with Crippen LogP contribution in [0.3, 0.4) is 0 Å². The second-order valence-corrected chi connectivity index (χ2v) is 7.71. The molecular weight excluding hydrogens is 477 g/mol. The molecule has 0 unspecified atom stereocenters. The highest BCUT2D eigenvalue weighted by atomic mass is 127. The molecule has 160 valence electrons. The van der Waals surface area contributed by atoms with Gasteiger partial charge >= 0.3 is 0 Å². The zero-order valence-electron chi connectivity index (χ0n) is 17.3. The Kier molecular flexibility index (Phi) is 9.93. The summed E-state index contributed by atoms with van der Waals surface area (Å²) in [6, 6.07) is 10.1. The Hall–Kier alpha value is -1.61. The molecule has 0 saturated heterocycles. The maximum atomic E-state index is 9.52. The number of guanidine groups is 1. The van der Waals surface area contributed by atoms with E-state index in [1.807, 2.05) is 47.4 Å². The first-order valence-corrected chi connectivity index (χ1v) is 10.5. The van der Waals surface area contributed by atoms with Gasteiger partial charge < -0.3 is 15.7 Å². The predicted octanol–water partition coefficient (Wildman–Crippen LogP) is 3.88. The molecule has 0 atom stereocenters.